The molecule has 0 saturated heterocycles. The van der Waals surface area contributed by atoms with Crippen LogP contribution in [0.2, 0.25) is 0 Å². The van der Waals surface area contributed by atoms with Crippen molar-refractivity contribution >= 4 is 16.6 Å². The Hall–Kier alpha value is -1.63. The van der Waals surface area contributed by atoms with E-state index >= 15 is 0 Å². The molecule has 1 heteroatoms. The summed E-state index contributed by atoms with van der Waals surface area (Å²) in [7, 11) is 0. The quantitative estimate of drug-likeness (QED) is 0.718. The van der Waals surface area contributed by atoms with E-state index in [9.17, 15) is 4.79 Å². The lowest BCUT2D eigenvalue weighted by atomic mass is 9.94. The first-order valence-electron chi connectivity index (χ1n) is 6.22. The molecule has 0 atom stereocenters. The number of aryl methyl sites for hydroxylation is 2. The fourth-order valence-corrected chi connectivity index (χ4v) is 2.37. The molecule has 1 nitrogen and oxygen atoms in total. The topological polar surface area (TPSA) is 17.1 Å². The molecule has 17 heavy (non-hydrogen) atoms. The molecule has 0 aromatic heterocycles. The highest BCUT2D eigenvalue weighted by atomic mass is 16.1. The molecule has 0 bridgehead atoms. The molecule has 0 spiro atoms. The predicted molar refractivity (Wildman–Crippen MR) is 72.7 cm³/mol. The number of rotatable bonds is 3. The molecular formula is C16H18O. The summed E-state index contributed by atoms with van der Waals surface area (Å²) in [4.78, 5) is 11.7. The van der Waals surface area contributed by atoms with Crippen molar-refractivity contribution in [3.05, 3.63) is 47.0 Å². The average molecular weight is 226 g/mol. The first-order valence-corrected chi connectivity index (χ1v) is 6.22. The second-order valence-corrected chi connectivity index (χ2v) is 4.41. The van der Waals surface area contributed by atoms with Crippen molar-refractivity contribution in [2.45, 2.75) is 33.6 Å². The molecule has 0 amide bonds. The summed E-state index contributed by atoms with van der Waals surface area (Å²) in [6, 6.07) is 10.6. The summed E-state index contributed by atoms with van der Waals surface area (Å²) in [6.45, 7) is 5.89. The van der Waals surface area contributed by atoms with Gasteiger partial charge in [-0.3, -0.25) is 4.79 Å². The normalized spacial score (nSPS) is 10.8. The molecule has 2 aromatic carbocycles. The third kappa shape index (κ3) is 2.10. The van der Waals surface area contributed by atoms with Gasteiger partial charge in [-0.1, -0.05) is 38.1 Å². The Kier molecular flexibility index (Phi) is 3.28. The minimum atomic E-state index is 0.162. The highest BCUT2D eigenvalue weighted by Gasteiger charge is 2.09. The molecule has 0 fully saturated rings. The van der Waals surface area contributed by atoms with Gasteiger partial charge < -0.3 is 0 Å². The van der Waals surface area contributed by atoms with Gasteiger partial charge >= 0.3 is 0 Å². The smallest absolute Gasteiger partial charge is 0.160 e. The fourth-order valence-electron chi connectivity index (χ4n) is 2.37. The minimum absolute atomic E-state index is 0.162. The van der Waals surface area contributed by atoms with E-state index in [0.29, 0.717) is 0 Å². The molecule has 0 aliphatic carbocycles. The van der Waals surface area contributed by atoms with Gasteiger partial charge in [0.15, 0.2) is 5.78 Å². The Bertz CT molecular complexity index is 567. The van der Waals surface area contributed by atoms with Crippen molar-refractivity contribution in [1.29, 1.82) is 0 Å². The molecule has 0 aliphatic rings. The first kappa shape index (κ1) is 11.8. The summed E-state index contributed by atoms with van der Waals surface area (Å²) < 4.78 is 0. The summed E-state index contributed by atoms with van der Waals surface area (Å²) in [5.41, 5.74) is 3.34. The van der Waals surface area contributed by atoms with Crippen LogP contribution in [0.15, 0.2) is 30.3 Å². The van der Waals surface area contributed by atoms with E-state index in [-0.39, 0.29) is 5.78 Å². The van der Waals surface area contributed by atoms with Crippen molar-refractivity contribution in [2.75, 3.05) is 0 Å². The first-order chi connectivity index (χ1) is 8.17. The van der Waals surface area contributed by atoms with Crippen LogP contribution in [0.5, 0.6) is 0 Å². The Balaban J connectivity index is 2.78. The van der Waals surface area contributed by atoms with Gasteiger partial charge in [-0.25, -0.2) is 0 Å². The van der Waals surface area contributed by atoms with E-state index in [1.54, 1.807) is 6.92 Å². The standard InChI is InChI=1S/C16H18O/c1-4-12-7-6-8-14-9-13(5-2)15(11(3)17)10-16(12)14/h6-10H,4-5H2,1-3H3. The summed E-state index contributed by atoms with van der Waals surface area (Å²) in [5, 5.41) is 2.46. The number of Topliss-reactive ketones (excluding diaryl/α,β-unsaturated/α-hetero) is 1. The Morgan fingerprint density at radius 2 is 1.76 bits per heavy atom. The number of fused-ring (bicyclic) bond motifs is 1. The molecule has 0 heterocycles. The zero-order chi connectivity index (χ0) is 12.4. The maximum atomic E-state index is 11.7. The van der Waals surface area contributed by atoms with Crippen LogP contribution in [0.3, 0.4) is 0 Å². The van der Waals surface area contributed by atoms with Gasteiger partial charge in [0.2, 0.25) is 0 Å². The van der Waals surface area contributed by atoms with Gasteiger partial charge in [0.1, 0.15) is 0 Å². The van der Waals surface area contributed by atoms with E-state index in [2.05, 4.69) is 44.2 Å². The molecule has 0 saturated carbocycles. The van der Waals surface area contributed by atoms with Crippen LogP contribution >= 0.6 is 0 Å². The van der Waals surface area contributed by atoms with E-state index < -0.39 is 0 Å². The minimum Gasteiger partial charge on any atom is -0.295 e. The molecule has 0 N–H and O–H groups in total. The largest absolute Gasteiger partial charge is 0.295 e. The maximum Gasteiger partial charge on any atom is 0.160 e. The highest BCUT2D eigenvalue weighted by molar-refractivity contribution is 6.01. The van der Waals surface area contributed by atoms with Crippen LogP contribution in [0.25, 0.3) is 10.8 Å². The van der Waals surface area contributed by atoms with Gasteiger partial charge in [-0.15, -0.1) is 0 Å². The predicted octanol–water partition coefficient (Wildman–Crippen LogP) is 4.17. The third-order valence-electron chi connectivity index (χ3n) is 3.34. The van der Waals surface area contributed by atoms with Gasteiger partial charge in [0.05, 0.1) is 0 Å². The maximum absolute atomic E-state index is 11.7. The number of hydrogen-bond donors (Lipinski definition) is 0. The number of hydrogen-bond acceptors (Lipinski definition) is 1. The van der Waals surface area contributed by atoms with Gasteiger partial charge in [0.25, 0.3) is 0 Å². The van der Waals surface area contributed by atoms with E-state index in [0.717, 1.165) is 24.0 Å². The highest BCUT2D eigenvalue weighted by Crippen LogP contribution is 2.24. The third-order valence-corrected chi connectivity index (χ3v) is 3.34. The lowest BCUT2D eigenvalue weighted by Crippen LogP contribution is -1.99. The van der Waals surface area contributed by atoms with Gasteiger partial charge in [0, 0.05) is 5.56 Å². The van der Waals surface area contributed by atoms with Gasteiger partial charge in [-0.05, 0) is 47.7 Å². The van der Waals surface area contributed by atoms with Crippen LogP contribution in [0.1, 0.15) is 42.3 Å². The summed E-state index contributed by atoms with van der Waals surface area (Å²) in [5.74, 6) is 0.162. The summed E-state index contributed by atoms with van der Waals surface area (Å²) >= 11 is 0. The molecule has 2 aromatic rings. The van der Waals surface area contributed by atoms with Crippen molar-refractivity contribution in [1.82, 2.24) is 0 Å². The molecule has 2 rings (SSSR count). The van der Waals surface area contributed by atoms with Gasteiger partial charge in [-0.2, -0.15) is 0 Å². The van der Waals surface area contributed by atoms with Crippen LogP contribution in [-0.4, -0.2) is 5.78 Å². The number of ketones is 1. The van der Waals surface area contributed by atoms with Crippen LogP contribution < -0.4 is 0 Å². The molecule has 0 aliphatic heterocycles. The van der Waals surface area contributed by atoms with Crippen LogP contribution in [0, 0.1) is 0 Å². The average Bonchev–Trinajstić information content (AvgIpc) is 2.36. The van der Waals surface area contributed by atoms with Crippen molar-refractivity contribution in [2.24, 2.45) is 0 Å². The fraction of sp³-hybridized carbons (Fsp3) is 0.312. The Morgan fingerprint density at radius 1 is 1.06 bits per heavy atom. The summed E-state index contributed by atoms with van der Waals surface area (Å²) in [6.07, 6.45) is 1.90. The second-order valence-electron chi connectivity index (χ2n) is 4.41. The monoisotopic (exact) mass is 226 g/mol. The molecule has 88 valence electrons. The lowest BCUT2D eigenvalue weighted by molar-refractivity contribution is 0.101. The number of carbonyl (C=O) groups is 1. The Morgan fingerprint density at radius 3 is 2.35 bits per heavy atom. The second kappa shape index (κ2) is 4.70. The zero-order valence-corrected chi connectivity index (χ0v) is 10.7. The SMILES string of the molecule is CCc1cc2cccc(CC)c2cc1C(C)=O. The van der Waals surface area contributed by atoms with E-state index in [1.165, 1.54) is 16.3 Å². The molecular weight excluding hydrogens is 208 g/mol. The zero-order valence-electron chi connectivity index (χ0n) is 10.7. The van der Waals surface area contributed by atoms with E-state index in [4.69, 9.17) is 0 Å². The number of carbonyl (C=O) groups excluding carboxylic acids is 1. The molecule has 0 radical (unpaired) electrons. The Labute approximate surface area is 102 Å². The molecule has 0 unspecified atom stereocenters. The van der Waals surface area contributed by atoms with E-state index in [1.807, 2.05) is 0 Å². The van der Waals surface area contributed by atoms with Crippen LogP contribution in [-0.2, 0) is 12.8 Å². The van der Waals surface area contributed by atoms with Crippen LogP contribution in [0.4, 0.5) is 0 Å². The van der Waals surface area contributed by atoms with Crippen molar-refractivity contribution in [3.8, 4) is 0 Å². The number of benzene rings is 2. The van der Waals surface area contributed by atoms with Crippen molar-refractivity contribution < 1.29 is 4.79 Å². The van der Waals surface area contributed by atoms with Crippen molar-refractivity contribution in [3.63, 3.8) is 0 Å². The lowest BCUT2D eigenvalue weighted by Gasteiger charge is -2.10.